The van der Waals surface area contributed by atoms with Crippen LogP contribution in [0.1, 0.15) is 31.2 Å². The van der Waals surface area contributed by atoms with Crippen LogP contribution in [0.25, 0.3) is 0 Å². The van der Waals surface area contributed by atoms with Crippen LogP contribution >= 0.6 is 0 Å². The number of nitrogens with zero attached hydrogens (tertiary/aromatic N) is 4. The third kappa shape index (κ3) is 7.13. The van der Waals surface area contributed by atoms with Crippen LogP contribution in [0.3, 0.4) is 0 Å². The zero-order chi connectivity index (χ0) is 26.0. The molecule has 9 nitrogen and oxygen atoms in total. The summed E-state index contributed by atoms with van der Waals surface area (Å²) in [5.74, 6) is 2.52. The maximum absolute atomic E-state index is 13.5. The Morgan fingerprint density at radius 3 is 2.57 bits per heavy atom. The fourth-order valence-electron chi connectivity index (χ4n) is 5.23. The van der Waals surface area contributed by atoms with E-state index in [-0.39, 0.29) is 17.7 Å². The number of piperazine rings is 1. The highest BCUT2D eigenvalue weighted by Crippen LogP contribution is 2.31. The molecule has 2 fully saturated rings. The van der Waals surface area contributed by atoms with E-state index in [1.165, 1.54) is 0 Å². The number of ether oxygens (including phenoxy) is 2. The predicted octanol–water partition coefficient (Wildman–Crippen LogP) is 2.56. The van der Waals surface area contributed by atoms with Crippen LogP contribution in [0, 0.1) is 5.92 Å². The second-order valence-electron chi connectivity index (χ2n) is 9.66. The average molecular weight is 510 g/mol. The number of anilines is 1. The van der Waals surface area contributed by atoms with E-state index >= 15 is 0 Å². The summed E-state index contributed by atoms with van der Waals surface area (Å²) in [6, 6.07) is 11.8. The summed E-state index contributed by atoms with van der Waals surface area (Å²) in [6.45, 7) is 5.60. The number of rotatable bonds is 6. The topological polar surface area (TPSA) is 87.2 Å². The molecule has 9 heteroatoms. The fraction of sp³-hybridized carbons (Fsp3) is 0.536. The molecule has 0 saturated carbocycles. The van der Waals surface area contributed by atoms with Gasteiger partial charge in [0.25, 0.3) is 0 Å². The zero-order valence-electron chi connectivity index (χ0n) is 22.0. The lowest BCUT2D eigenvalue weighted by Gasteiger charge is -2.37. The Hall–Kier alpha value is -3.33. The first-order valence-electron chi connectivity index (χ1n) is 13.2. The average Bonchev–Trinajstić information content (AvgIpc) is 2.98. The summed E-state index contributed by atoms with van der Waals surface area (Å²) >= 11 is 0. The van der Waals surface area contributed by atoms with Crippen molar-refractivity contribution >= 4 is 17.6 Å². The molecule has 1 atom stereocenters. The molecule has 200 valence electrons. The standard InChI is InChI=1S/C28H39N5O4/c1-36-24-9-5-7-23(27(24)37-2)21-31-15-6-8-22(11-14-30-26(34)12-16-31)28(35)33-19-17-32(18-20-33)25-10-3-4-13-29-25/h3-5,7,9-10,13,22H,6,8,11-12,14-21H2,1-2H3,(H,30,34). The molecule has 2 aliphatic heterocycles. The minimum atomic E-state index is -0.0898. The molecule has 1 N–H and O–H groups in total. The van der Waals surface area contributed by atoms with Crippen molar-refractivity contribution in [2.45, 2.75) is 32.2 Å². The van der Waals surface area contributed by atoms with Gasteiger partial charge >= 0.3 is 0 Å². The normalized spacial score (nSPS) is 20.1. The summed E-state index contributed by atoms with van der Waals surface area (Å²) in [7, 11) is 3.28. The monoisotopic (exact) mass is 509 g/mol. The quantitative estimate of drug-likeness (QED) is 0.640. The van der Waals surface area contributed by atoms with Gasteiger partial charge < -0.3 is 24.6 Å². The van der Waals surface area contributed by atoms with E-state index in [1.807, 2.05) is 41.3 Å². The molecular weight excluding hydrogens is 470 g/mol. The van der Waals surface area contributed by atoms with Gasteiger partial charge in [-0.15, -0.1) is 0 Å². The highest BCUT2D eigenvalue weighted by molar-refractivity contribution is 5.79. The van der Waals surface area contributed by atoms with Gasteiger partial charge in [0, 0.05) is 69.9 Å². The van der Waals surface area contributed by atoms with Crippen molar-refractivity contribution in [3.63, 3.8) is 0 Å². The van der Waals surface area contributed by atoms with E-state index in [4.69, 9.17) is 9.47 Å². The van der Waals surface area contributed by atoms with Crippen molar-refractivity contribution in [1.82, 2.24) is 20.1 Å². The Balaban J connectivity index is 1.37. The number of hydrogen-bond acceptors (Lipinski definition) is 7. The summed E-state index contributed by atoms with van der Waals surface area (Å²) in [6.07, 6.45) is 4.61. The van der Waals surface area contributed by atoms with Gasteiger partial charge in [0.2, 0.25) is 11.8 Å². The highest BCUT2D eigenvalue weighted by Gasteiger charge is 2.28. The number of hydrogen-bond donors (Lipinski definition) is 1. The molecule has 0 radical (unpaired) electrons. The Morgan fingerprint density at radius 1 is 1.00 bits per heavy atom. The smallest absolute Gasteiger partial charge is 0.225 e. The molecule has 37 heavy (non-hydrogen) atoms. The minimum absolute atomic E-state index is 0.0275. The molecule has 1 unspecified atom stereocenters. The summed E-state index contributed by atoms with van der Waals surface area (Å²) in [4.78, 5) is 36.9. The molecule has 0 bridgehead atoms. The van der Waals surface area contributed by atoms with E-state index in [0.717, 1.165) is 49.6 Å². The van der Waals surface area contributed by atoms with Gasteiger partial charge in [-0.1, -0.05) is 18.2 Å². The van der Waals surface area contributed by atoms with Crippen molar-refractivity contribution < 1.29 is 19.1 Å². The number of nitrogens with one attached hydrogen (secondary N) is 1. The van der Waals surface area contributed by atoms with E-state index in [0.29, 0.717) is 51.3 Å². The maximum atomic E-state index is 13.5. The van der Waals surface area contributed by atoms with Crippen LogP contribution in [-0.4, -0.2) is 86.6 Å². The molecular formula is C28H39N5O4. The molecule has 2 amide bonds. The molecule has 2 saturated heterocycles. The molecule has 1 aromatic heterocycles. The number of para-hydroxylation sites is 1. The lowest BCUT2D eigenvalue weighted by Crippen LogP contribution is -2.51. The van der Waals surface area contributed by atoms with E-state index in [1.54, 1.807) is 20.4 Å². The van der Waals surface area contributed by atoms with E-state index in [9.17, 15) is 9.59 Å². The summed E-state index contributed by atoms with van der Waals surface area (Å²) < 4.78 is 11.1. The van der Waals surface area contributed by atoms with Gasteiger partial charge in [0.15, 0.2) is 11.5 Å². The number of amides is 2. The highest BCUT2D eigenvalue weighted by atomic mass is 16.5. The largest absolute Gasteiger partial charge is 0.493 e. The molecule has 4 rings (SSSR count). The maximum Gasteiger partial charge on any atom is 0.225 e. The van der Waals surface area contributed by atoms with Crippen molar-refractivity contribution in [3.05, 3.63) is 48.2 Å². The Morgan fingerprint density at radius 2 is 1.84 bits per heavy atom. The third-order valence-corrected chi connectivity index (χ3v) is 7.29. The molecule has 2 aliphatic rings. The van der Waals surface area contributed by atoms with Crippen molar-refractivity contribution in [1.29, 1.82) is 0 Å². The Kier molecular flexibility index (Phi) is 9.59. The van der Waals surface area contributed by atoms with Crippen molar-refractivity contribution in [3.8, 4) is 11.5 Å². The second kappa shape index (κ2) is 13.3. The van der Waals surface area contributed by atoms with Crippen LogP contribution in [0.15, 0.2) is 42.6 Å². The Bertz CT molecular complexity index is 1030. The van der Waals surface area contributed by atoms with Gasteiger partial charge in [-0.05, 0) is 44.0 Å². The molecule has 1 aromatic carbocycles. The Labute approximate surface area is 219 Å². The van der Waals surface area contributed by atoms with E-state index in [2.05, 4.69) is 20.1 Å². The lowest BCUT2D eigenvalue weighted by atomic mass is 9.97. The number of benzene rings is 1. The number of aromatic nitrogens is 1. The first-order valence-corrected chi connectivity index (χ1v) is 13.2. The second-order valence-corrected chi connectivity index (χ2v) is 9.66. The first kappa shape index (κ1) is 26.7. The van der Waals surface area contributed by atoms with Gasteiger partial charge in [-0.25, -0.2) is 4.98 Å². The fourth-order valence-corrected chi connectivity index (χ4v) is 5.23. The summed E-state index contributed by atoms with van der Waals surface area (Å²) in [5.41, 5.74) is 1.02. The van der Waals surface area contributed by atoms with Gasteiger partial charge in [-0.2, -0.15) is 0 Å². The first-order chi connectivity index (χ1) is 18.1. The van der Waals surface area contributed by atoms with Crippen LogP contribution < -0.4 is 19.7 Å². The van der Waals surface area contributed by atoms with E-state index < -0.39 is 0 Å². The predicted molar refractivity (Wildman–Crippen MR) is 143 cm³/mol. The third-order valence-electron chi connectivity index (χ3n) is 7.29. The lowest BCUT2D eigenvalue weighted by molar-refractivity contribution is -0.136. The van der Waals surface area contributed by atoms with Crippen LogP contribution in [0.4, 0.5) is 5.82 Å². The van der Waals surface area contributed by atoms with Crippen molar-refractivity contribution in [2.24, 2.45) is 5.92 Å². The number of carbonyl (C=O) groups excluding carboxylic acids is 2. The number of carbonyl (C=O) groups is 2. The molecule has 0 spiro atoms. The van der Waals surface area contributed by atoms with Crippen LogP contribution in [0.5, 0.6) is 11.5 Å². The SMILES string of the molecule is COc1cccc(CN2CCCC(C(=O)N3CCN(c4ccccn4)CC3)CCNC(=O)CC2)c1OC. The molecule has 3 heterocycles. The van der Waals surface area contributed by atoms with Gasteiger partial charge in [0.1, 0.15) is 5.82 Å². The van der Waals surface area contributed by atoms with Crippen LogP contribution in [0.2, 0.25) is 0 Å². The van der Waals surface area contributed by atoms with Crippen molar-refractivity contribution in [2.75, 3.05) is 64.9 Å². The number of methoxy groups -OCH3 is 2. The number of pyridine rings is 1. The van der Waals surface area contributed by atoms with Gasteiger partial charge in [-0.3, -0.25) is 14.5 Å². The molecule has 0 aliphatic carbocycles. The van der Waals surface area contributed by atoms with Gasteiger partial charge in [0.05, 0.1) is 14.2 Å². The van der Waals surface area contributed by atoms with Crippen LogP contribution in [-0.2, 0) is 16.1 Å². The minimum Gasteiger partial charge on any atom is -0.493 e. The summed E-state index contributed by atoms with van der Waals surface area (Å²) in [5, 5.41) is 3.02. The molecule has 2 aromatic rings. The zero-order valence-corrected chi connectivity index (χ0v) is 22.0.